The minimum absolute atomic E-state index is 0.269. The molecule has 29 heavy (non-hydrogen) atoms. The fraction of sp³-hybridized carbons (Fsp3) is 0.0952. The Bertz CT molecular complexity index is 1250. The molecule has 2 heterocycles. The molecular weight excluding hydrogens is 390 g/mol. The van der Waals surface area contributed by atoms with Crippen LogP contribution in [0.1, 0.15) is 10.4 Å². The first-order valence-corrected chi connectivity index (χ1v) is 9.59. The molecule has 8 heteroatoms. The Balaban J connectivity index is 1.84. The third kappa shape index (κ3) is 3.45. The first-order chi connectivity index (χ1) is 14.1. The van der Waals surface area contributed by atoms with Gasteiger partial charge in [0, 0.05) is 6.07 Å². The Morgan fingerprint density at radius 1 is 1.07 bits per heavy atom. The molecule has 0 fully saturated rings. The third-order valence-corrected chi connectivity index (χ3v) is 5.25. The van der Waals surface area contributed by atoms with E-state index in [9.17, 15) is 9.59 Å². The molecule has 0 aliphatic rings. The molecule has 0 aliphatic heterocycles. The number of benzene rings is 2. The summed E-state index contributed by atoms with van der Waals surface area (Å²) < 4.78 is 11.7. The highest BCUT2D eigenvalue weighted by Gasteiger charge is 2.19. The Morgan fingerprint density at radius 2 is 1.90 bits per heavy atom. The van der Waals surface area contributed by atoms with E-state index in [1.54, 1.807) is 36.4 Å². The van der Waals surface area contributed by atoms with Gasteiger partial charge in [-0.3, -0.25) is 15.0 Å². The Kier molecular flexibility index (Phi) is 5.01. The molecule has 0 spiro atoms. The molecule has 0 atom stereocenters. The van der Waals surface area contributed by atoms with E-state index in [1.807, 2.05) is 23.6 Å². The maximum absolute atomic E-state index is 13.1. The molecule has 0 saturated carbocycles. The number of ether oxygens (including phenoxy) is 2. The minimum Gasteiger partial charge on any atom is -0.497 e. The van der Waals surface area contributed by atoms with Crippen LogP contribution in [0, 0.1) is 0 Å². The van der Waals surface area contributed by atoms with Crippen LogP contribution in [0.4, 0.5) is 0 Å². The van der Waals surface area contributed by atoms with Crippen molar-refractivity contribution in [2.45, 2.75) is 0 Å². The molecule has 2 aromatic heterocycles. The molecule has 0 bridgehead atoms. The molecule has 146 valence electrons. The van der Waals surface area contributed by atoms with Crippen molar-refractivity contribution in [1.82, 2.24) is 9.66 Å². The number of hydrogen-bond acceptors (Lipinski definition) is 6. The van der Waals surface area contributed by atoms with Gasteiger partial charge < -0.3 is 9.47 Å². The fourth-order valence-corrected chi connectivity index (χ4v) is 3.66. The van der Waals surface area contributed by atoms with Crippen LogP contribution in [0.2, 0.25) is 0 Å². The number of nitrogens with one attached hydrogen (secondary N) is 1. The molecule has 4 aromatic rings. The standard InChI is InChI=1S/C21H17N3O4S/c1-27-13-9-10-15(17(12-13)28-2)20(25)23-24-19(18-8-5-11-29-18)22-16-7-4-3-6-14(16)21(24)26/h3-12H,1-2H3,(H,23,25). The molecule has 4 rings (SSSR count). The number of nitrogens with zero attached hydrogens (tertiary/aromatic N) is 2. The van der Waals surface area contributed by atoms with E-state index in [4.69, 9.17) is 9.47 Å². The summed E-state index contributed by atoms with van der Waals surface area (Å²) in [6.45, 7) is 0. The van der Waals surface area contributed by atoms with Gasteiger partial charge in [0.2, 0.25) is 0 Å². The molecule has 1 N–H and O–H groups in total. The summed E-state index contributed by atoms with van der Waals surface area (Å²) >= 11 is 1.43. The molecular formula is C21H17N3O4S. The highest BCUT2D eigenvalue weighted by atomic mass is 32.1. The predicted molar refractivity (Wildman–Crippen MR) is 113 cm³/mol. The largest absolute Gasteiger partial charge is 0.497 e. The first kappa shape index (κ1) is 18.7. The average Bonchev–Trinajstić information content (AvgIpc) is 3.29. The number of fused-ring (bicyclic) bond motifs is 1. The van der Waals surface area contributed by atoms with E-state index in [0.29, 0.717) is 28.2 Å². The monoisotopic (exact) mass is 407 g/mol. The van der Waals surface area contributed by atoms with Crippen LogP contribution in [0.3, 0.4) is 0 Å². The number of rotatable bonds is 5. The lowest BCUT2D eigenvalue weighted by molar-refractivity contribution is 0.100. The van der Waals surface area contributed by atoms with E-state index in [0.717, 1.165) is 4.88 Å². The summed E-state index contributed by atoms with van der Waals surface area (Å²) in [6, 6.07) is 15.6. The van der Waals surface area contributed by atoms with Gasteiger partial charge >= 0.3 is 0 Å². The minimum atomic E-state index is -0.499. The average molecular weight is 407 g/mol. The normalized spacial score (nSPS) is 10.7. The van der Waals surface area contributed by atoms with Crippen LogP contribution < -0.4 is 20.5 Å². The maximum Gasteiger partial charge on any atom is 0.280 e. The smallest absolute Gasteiger partial charge is 0.280 e. The van der Waals surface area contributed by atoms with Gasteiger partial charge in [0.1, 0.15) is 11.5 Å². The zero-order chi connectivity index (χ0) is 20.4. The van der Waals surface area contributed by atoms with E-state index in [1.165, 1.54) is 30.2 Å². The highest BCUT2D eigenvalue weighted by Crippen LogP contribution is 2.26. The third-order valence-electron chi connectivity index (χ3n) is 4.38. The van der Waals surface area contributed by atoms with E-state index >= 15 is 0 Å². The molecule has 0 saturated heterocycles. The number of methoxy groups -OCH3 is 2. The molecule has 0 unspecified atom stereocenters. The number of hydrogen-bond donors (Lipinski definition) is 1. The lowest BCUT2D eigenvalue weighted by Gasteiger charge is -2.15. The van der Waals surface area contributed by atoms with Crippen molar-refractivity contribution >= 4 is 28.1 Å². The zero-order valence-electron chi connectivity index (χ0n) is 15.7. The lowest BCUT2D eigenvalue weighted by Crippen LogP contribution is -2.35. The Morgan fingerprint density at radius 3 is 2.62 bits per heavy atom. The molecule has 2 aromatic carbocycles. The van der Waals surface area contributed by atoms with Gasteiger partial charge in [0.05, 0.1) is 35.6 Å². The summed E-state index contributed by atoms with van der Waals surface area (Å²) in [4.78, 5) is 31.5. The van der Waals surface area contributed by atoms with E-state index in [2.05, 4.69) is 10.4 Å². The van der Waals surface area contributed by atoms with E-state index < -0.39 is 5.91 Å². The van der Waals surface area contributed by atoms with Gasteiger partial charge in [-0.15, -0.1) is 11.3 Å². The zero-order valence-corrected chi connectivity index (χ0v) is 16.5. The topological polar surface area (TPSA) is 82.5 Å². The van der Waals surface area contributed by atoms with Gasteiger partial charge in [0.25, 0.3) is 11.5 Å². The Labute approximate surface area is 170 Å². The number of amides is 1. The van der Waals surface area contributed by atoms with Crippen molar-refractivity contribution in [2.75, 3.05) is 19.6 Å². The van der Waals surface area contributed by atoms with Crippen LogP contribution in [-0.4, -0.2) is 29.8 Å². The van der Waals surface area contributed by atoms with Gasteiger partial charge in [-0.2, -0.15) is 4.68 Å². The summed E-state index contributed by atoms with van der Waals surface area (Å²) in [7, 11) is 2.99. The molecule has 7 nitrogen and oxygen atoms in total. The SMILES string of the molecule is COc1ccc(C(=O)Nn2c(-c3cccs3)nc3ccccc3c2=O)c(OC)c1. The summed E-state index contributed by atoms with van der Waals surface area (Å²) in [5.74, 6) is 0.759. The van der Waals surface area contributed by atoms with E-state index in [-0.39, 0.29) is 11.1 Å². The van der Waals surface area contributed by atoms with Crippen LogP contribution in [0.15, 0.2) is 64.8 Å². The van der Waals surface area contributed by atoms with Gasteiger partial charge in [-0.05, 0) is 35.7 Å². The number of para-hydroxylation sites is 1. The number of carbonyl (C=O) groups excluding carboxylic acids is 1. The molecule has 0 aliphatic carbocycles. The van der Waals surface area contributed by atoms with Crippen molar-refractivity contribution in [1.29, 1.82) is 0 Å². The molecule has 1 amide bonds. The second-order valence-corrected chi connectivity index (χ2v) is 7.03. The van der Waals surface area contributed by atoms with Crippen molar-refractivity contribution in [3.05, 3.63) is 75.9 Å². The second kappa shape index (κ2) is 7.76. The van der Waals surface area contributed by atoms with Crippen molar-refractivity contribution < 1.29 is 14.3 Å². The summed E-state index contributed by atoms with van der Waals surface area (Å²) in [6.07, 6.45) is 0. The maximum atomic E-state index is 13.1. The number of carbonyl (C=O) groups is 1. The summed E-state index contributed by atoms with van der Waals surface area (Å²) in [5.41, 5.74) is 3.15. The quantitative estimate of drug-likeness (QED) is 0.547. The van der Waals surface area contributed by atoms with Crippen molar-refractivity contribution in [2.24, 2.45) is 0 Å². The number of thiophene rings is 1. The van der Waals surface area contributed by atoms with Crippen LogP contribution in [0.25, 0.3) is 21.6 Å². The fourth-order valence-electron chi connectivity index (χ4n) is 2.96. The van der Waals surface area contributed by atoms with Crippen molar-refractivity contribution in [3.63, 3.8) is 0 Å². The highest BCUT2D eigenvalue weighted by molar-refractivity contribution is 7.13. The van der Waals surface area contributed by atoms with Crippen LogP contribution in [0.5, 0.6) is 11.5 Å². The van der Waals surface area contributed by atoms with Gasteiger partial charge in [0.15, 0.2) is 5.82 Å². The number of aromatic nitrogens is 2. The summed E-state index contributed by atoms with van der Waals surface area (Å²) in [5, 5.41) is 2.30. The van der Waals surface area contributed by atoms with Crippen LogP contribution >= 0.6 is 11.3 Å². The first-order valence-electron chi connectivity index (χ1n) is 8.71. The van der Waals surface area contributed by atoms with Gasteiger partial charge in [-0.1, -0.05) is 18.2 Å². The van der Waals surface area contributed by atoms with Crippen molar-refractivity contribution in [3.8, 4) is 22.2 Å². The Hall–Kier alpha value is -3.65. The second-order valence-electron chi connectivity index (χ2n) is 6.08. The predicted octanol–water partition coefficient (Wildman–Crippen LogP) is 3.53. The lowest BCUT2D eigenvalue weighted by atomic mass is 10.2. The van der Waals surface area contributed by atoms with Crippen LogP contribution in [-0.2, 0) is 0 Å². The van der Waals surface area contributed by atoms with Gasteiger partial charge in [-0.25, -0.2) is 4.98 Å². The molecule has 0 radical (unpaired) electrons.